The maximum atomic E-state index is 12.2. The van der Waals surface area contributed by atoms with Gasteiger partial charge in [0.05, 0.1) is 47.8 Å². The molecule has 0 bridgehead atoms. The van der Waals surface area contributed by atoms with Crippen LogP contribution >= 0.6 is 0 Å². The van der Waals surface area contributed by atoms with Gasteiger partial charge in [-0.15, -0.1) is 0 Å². The number of esters is 3. The zero-order valence-corrected chi connectivity index (χ0v) is 25.0. The summed E-state index contributed by atoms with van der Waals surface area (Å²) in [5.74, 6) is 0.903. The molecule has 0 N–H and O–H groups in total. The van der Waals surface area contributed by atoms with Crippen LogP contribution < -0.4 is 18.9 Å². The number of methoxy groups -OCH3 is 3. The number of hydrogen-bond donors (Lipinski definition) is 0. The lowest BCUT2D eigenvalue weighted by atomic mass is 10.2. The third kappa shape index (κ3) is 13.7. The fourth-order valence-corrected chi connectivity index (χ4v) is 3.64. The second-order valence-electron chi connectivity index (χ2n) is 9.01. The van der Waals surface area contributed by atoms with E-state index in [2.05, 4.69) is 11.3 Å². The summed E-state index contributed by atoms with van der Waals surface area (Å²) in [4.78, 5) is 34.4. The third-order valence-electron chi connectivity index (χ3n) is 5.90. The first kappa shape index (κ1) is 34.5. The fourth-order valence-electron chi connectivity index (χ4n) is 3.64. The van der Waals surface area contributed by atoms with E-state index >= 15 is 0 Å². The Labute approximate surface area is 252 Å². The van der Waals surface area contributed by atoms with E-state index in [0.29, 0.717) is 49.2 Å². The van der Waals surface area contributed by atoms with Crippen molar-refractivity contribution >= 4 is 30.1 Å². The van der Waals surface area contributed by atoms with Crippen molar-refractivity contribution in [2.45, 2.75) is 32.1 Å². The van der Waals surface area contributed by atoms with Gasteiger partial charge in [-0.05, 0) is 73.2 Å². The van der Waals surface area contributed by atoms with E-state index in [-0.39, 0.29) is 6.61 Å². The molecule has 2 rings (SSSR count). The predicted octanol–water partition coefficient (Wildman–Crippen LogP) is 5.58. The molecule has 10 nitrogen and oxygen atoms in total. The van der Waals surface area contributed by atoms with Crippen molar-refractivity contribution in [2.75, 3.05) is 47.8 Å². The molecule has 0 aliphatic rings. The van der Waals surface area contributed by atoms with Gasteiger partial charge in [-0.3, -0.25) is 0 Å². The fraction of sp³-hybridized carbons (Fsp3) is 0.364. The van der Waals surface area contributed by atoms with Crippen LogP contribution in [0.2, 0.25) is 0 Å². The average Bonchev–Trinajstić information content (AvgIpc) is 3.03. The monoisotopic (exact) mass is 596 g/mol. The standard InChI is InChI=1S/C33H40O10/c1-5-31(34)42-20-9-7-6-8-19-40-27-15-12-26(24-29(27)37-2)14-18-33(36)43-22-10-21-41-28-16-11-25(23-30(28)38-3)13-17-32(35)39-4/h5,11-18,23-24H,1,6-10,19-22H2,2-4H3. The van der Waals surface area contributed by atoms with Crippen molar-refractivity contribution < 1.29 is 47.5 Å². The first-order valence-electron chi connectivity index (χ1n) is 13.9. The molecule has 43 heavy (non-hydrogen) atoms. The zero-order valence-electron chi connectivity index (χ0n) is 25.0. The van der Waals surface area contributed by atoms with Crippen molar-refractivity contribution in [1.82, 2.24) is 0 Å². The van der Waals surface area contributed by atoms with E-state index < -0.39 is 17.9 Å². The number of benzene rings is 2. The Bertz CT molecular complexity index is 1250. The first-order valence-corrected chi connectivity index (χ1v) is 13.9. The Morgan fingerprint density at radius 3 is 1.63 bits per heavy atom. The molecule has 0 radical (unpaired) electrons. The minimum absolute atomic E-state index is 0.182. The molecule has 0 unspecified atom stereocenters. The van der Waals surface area contributed by atoms with Crippen LogP contribution in [0.5, 0.6) is 23.0 Å². The highest BCUT2D eigenvalue weighted by atomic mass is 16.5. The minimum Gasteiger partial charge on any atom is -0.493 e. The molecule has 0 fully saturated rings. The van der Waals surface area contributed by atoms with Crippen molar-refractivity contribution in [3.05, 3.63) is 72.3 Å². The lowest BCUT2D eigenvalue weighted by Crippen LogP contribution is -2.07. The highest BCUT2D eigenvalue weighted by molar-refractivity contribution is 5.87. The summed E-state index contributed by atoms with van der Waals surface area (Å²) < 4.78 is 37.2. The Balaban J connectivity index is 1.70. The number of carbonyl (C=O) groups is 3. The second kappa shape index (κ2) is 20.2. The Hall–Kier alpha value is -4.73. The predicted molar refractivity (Wildman–Crippen MR) is 162 cm³/mol. The normalized spacial score (nSPS) is 10.8. The highest BCUT2D eigenvalue weighted by Gasteiger charge is 2.07. The van der Waals surface area contributed by atoms with Crippen LogP contribution in [0.3, 0.4) is 0 Å². The van der Waals surface area contributed by atoms with Crippen LogP contribution in [0.4, 0.5) is 0 Å². The Morgan fingerprint density at radius 2 is 1.09 bits per heavy atom. The van der Waals surface area contributed by atoms with Gasteiger partial charge in [-0.25, -0.2) is 14.4 Å². The topological polar surface area (TPSA) is 116 Å². The second-order valence-corrected chi connectivity index (χ2v) is 9.01. The molecule has 0 spiro atoms. The molecule has 0 saturated carbocycles. The first-order chi connectivity index (χ1) is 20.9. The smallest absolute Gasteiger partial charge is 0.330 e. The summed E-state index contributed by atoms with van der Waals surface area (Å²) in [5.41, 5.74) is 1.51. The van der Waals surface area contributed by atoms with Crippen LogP contribution in [-0.4, -0.2) is 65.7 Å². The molecule has 2 aromatic carbocycles. The van der Waals surface area contributed by atoms with Crippen LogP contribution in [0, 0.1) is 0 Å². The highest BCUT2D eigenvalue weighted by Crippen LogP contribution is 2.30. The molecule has 0 aliphatic carbocycles. The van der Waals surface area contributed by atoms with Crippen LogP contribution in [0.25, 0.3) is 12.2 Å². The maximum Gasteiger partial charge on any atom is 0.330 e. The van der Waals surface area contributed by atoms with E-state index in [1.54, 1.807) is 49.6 Å². The maximum absolute atomic E-state index is 12.2. The molecule has 0 amide bonds. The van der Waals surface area contributed by atoms with E-state index in [1.807, 2.05) is 6.07 Å². The van der Waals surface area contributed by atoms with Crippen LogP contribution in [0.1, 0.15) is 43.2 Å². The van der Waals surface area contributed by atoms with E-state index in [1.165, 1.54) is 26.4 Å². The third-order valence-corrected chi connectivity index (χ3v) is 5.90. The number of carbonyl (C=O) groups excluding carboxylic acids is 3. The quantitative estimate of drug-likeness (QED) is 0.0830. The van der Waals surface area contributed by atoms with Gasteiger partial charge in [0, 0.05) is 24.6 Å². The van der Waals surface area contributed by atoms with Crippen molar-refractivity contribution in [1.29, 1.82) is 0 Å². The summed E-state index contributed by atoms with van der Waals surface area (Å²) in [6.07, 6.45) is 11.1. The molecule has 10 heteroatoms. The molecular formula is C33H40O10. The van der Waals surface area contributed by atoms with Crippen LogP contribution in [-0.2, 0) is 28.6 Å². The van der Waals surface area contributed by atoms with E-state index in [9.17, 15) is 14.4 Å². The van der Waals surface area contributed by atoms with Crippen molar-refractivity contribution in [3.8, 4) is 23.0 Å². The summed E-state index contributed by atoms with van der Waals surface area (Å²) in [6.45, 7) is 4.78. The lowest BCUT2D eigenvalue weighted by molar-refractivity contribution is -0.138. The van der Waals surface area contributed by atoms with Gasteiger partial charge >= 0.3 is 17.9 Å². The van der Waals surface area contributed by atoms with Gasteiger partial charge in [0.25, 0.3) is 0 Å². The number of hydrogen-bond acceptors (Lipinski definition) is 10. The van der Waals surface area contributed by atoms with Gasteiger partial charge in [0.15, 0.2) is 23.0 Å². The molecule has 0 saturated heterocycles. The number of rotatable bonds is 20. The molecule has 0 heterocycles. The lowest BCUT2D eigenvalue weighted by Gasteiger charge is -2.11. The summed E-state index contributed by atoms with van der Waals surface area (Å²) in [6, 6.07) is 10.7. The molecule has 0 atom stereocenters. The van der Waals surface area contributed by atoms with Crippen molar-refractivity contribution in [2.24, 2.45) is 0 Å². The molecule has 232 valence electrons. The van der Waals surface area contributed by atoms with Crippen molar-refractivity contribution in [3.63, 3.8) is 0 Å². The van der Waals surface area contributed by atoms with Gasteiger partial charge in [-0.1, -0.05) is 18.7 Å². The van der Waals surface area contributed by atoms with Gasteiger partial charge in [-0.2, -0.15) is 0 Å². The average molecular weight is 597 g/mol. The Morgan fingerprint density at radius 1 is 0.605 bits per heavy atom. The number of unbranched alkanes of at least 4 members (excludes halogenated alkanes) is 3. The molecule has 0 aliphatic heterocycles. The van der Waals surface area contributed by atoms with Gasteiger partial charge < -0.3 is 33.2 Å². The summed E-state index contributed by atoms with van der Waals surface area (Å²) in [7, 11) is 4.40. The van der Waals surface area contributed by atoms with Gasteiger partial charge in [0.2, 0.25) is 0 Å². The molecule has 2 aromatic rings. The number of ether oxygens (including phenoxy) is 7. The molecule has 0 aromatic heterocycles. The zero-order chi connectivity index (χ0) is 31.3. The Kier molecular flexibility index (Phi) is 16.2. The largest absolute Gasteiger partial charge is 0.493 e. The summed E-state index contributed by atoms with van der Waals surface area (Å²) in [5, 5.41) is 0. The van der Waals surface area contributed by atoms with E-state index in [0.717, 1.165) is 42.9 Å². The van der Waals surface area contributed by atoms with Gasteiger partial charge in [0.1, 0.15) is 0 Å². The van der Waals surface area contributed by atoms with Crippen LogP contribution in [0.15, 0.2) is 61.2 Å². The SMILES string of the molecule is C=CC(=O)OCCCCCCOc1ccc(C=CC(=O)OCCCOc2ccc(C=CC(=O)OC)cc2OC)cc1OC. The van der Waals surface area contributed by atoms with E-state index in [4.69, 9.17) is 28.4 Å². The minimum atomic E-state index is -0.474. The molecular weight excluding hydrogens is 556 g/mol. The summed E-state index contributed by atoms with van der Waals surface area (Å²) >= 11 is 0.